The summed E-state index contributed by atoms with van der Waals surface area (Å²) in [6.45, 7) is 13.5. The van der Waals surface area contributed by atoms with Crippen LogP contribution in [0.1, 0.15) is 78.0 Å². The fourth-order valence-electron chi connectivity index (χ4n) is 6.98. The minimum absolute atomic E-state index is 0.0373. The molecule has 0 saturated heterocycles. The van der Waals surface area contributed by atoms with Crippen molar-refractivity contribution in [2.75, 3.05) is 7.05 Å². The highest BCUT2D eigenvalue weighted by Gasteiger charge is 2.51. The van der Waals surface area contributed by atoms with E-state index < -0.39 is 0 Å². The fourth-order valence-corrected chi connectivity index (χ4v) is 8.55. The molecule has 0 spiro atoms. The number of allylic oxidation sites excluding steroid dienone is 2. The van der Waals surface area contributed by atoms with E-state index in [4.69, 9.17) is 23.2 Å². The van der Waals surface area contributed by atoms with Crippen molar-refractivity contribution in [3.8, 4) is 0 Å². The topological polar surface area (TPSA) is 35.6 Å². The molecular formula is C34H43Cl2N3OS. The molecule has 0 radical (unpaired) electrons. The first-order chi connectivity index (χ1) is 19.5. The molecule has 3 aliphatic rings. The van der Waals surface area contributed by atoms with Crippen LogP contribution in [0, 0.1) is 11.8 Å². The Labute approximate surface area is 260 Å². The van der Waals surface area contributed by atoms with Gasteiger partial charge >= 0.3 is 0 Å². The van der Waals surface area contributed by atoms with Gasteiger partial charge in [0.05, 0.1) is 16.0 Å². The molecule has 4 nitrogen and oxygen atoms in total. The van der Waals surface area contributed by atoms with Crippen LogP contribution in [0.2, 0.25) is 10.0 Å². The second-order valence-electron chi connectivity index (χ2n) is 12.7. The van der Waals surface area contributed by atoms with Crippen LogP contribution in [-0.4, -0.2) is 40.9 Å². The first-order valence-electron chi connectivity index (χ1n) is 14.9. The summed E-state index contributed by atoms with van der Waals surface area (Å²) in [4.78, 5) is 20.0. The highest BCUT2D eigenvalue weighted by Crippen LogP contribution is 2.59. The molecule has 7 heteroatoms. The maximum Gasteiger partial charge on any atom is 0.262 e. The Kier molecular flexibility index (Phi) is 8.93. The third-order valence-corrected chi connectivity index (χ3v) is 11.2. The van der Waals surface area contributed by atoms with Gasteiger partial charge in [0.25, 0.3) is 5.91 Å². The summed E-state index contributed by atoms with van der Waals surface area (Å²) in [5, 5.41) is 5.99. The molecule has 0 bridgehead atoms. The van der Waals surface area contributed by atoms with E-state index in [-0.39, 0.29) is 35.4 Å². The zero-order valence-corrected chi connectivity index (χ0v) is 27.6. The van der Waals surface area contributed by atoms with Crippen molar-refractivity contribution in [1.29, 1.82) is 0 Å². The van der Waals surface area contributed by atoms with Crippen molar-refractivity contribution >= 4 is 40.9 Å². The summed E-state index contributed by atoms with van der Waals surface area (Å²) in [6, 6.07) is 17.5. The van der Waals surface area contributed by atoms with Gasteiger partial charge in [-0.15, -0.1) is 0 Å². The maximum absolute atomic E-state index is 14.5. The Bertz CT molecular complexity index is 1330. The Balaban J connectivity index is 1.68. The van der Waals surface area contributed by atoms with Gasteiger partial charge in [-0.2, -0.15) is 0 Å². The van der Waals surface area contributed by atoms with E-state index in [0.717, 1.165) is 44.9 Å². The maximum atomic E-state index is 14.5. The van der Waals surface area contributed by atoms with Gasteiger partial charge in [0.2, 0.25) is 0 Å². The van der Waals surface area contributed by atoms with Gasteiger partial charge in [-0.25, -0.2) is 0 Å². The number of hydrogen-bond acceptors (Lipinski definition) is 4. The number of nitrogens with one attached hydrogen (secondary N) is 1. The van der Waals surface area contributed by atoms with E-state index in [1.165, 1.54) is 11.1 Å². The van der Waals surface area contributed by atoms with E-state index >= 15 is 0 Å². The van der Waals surface area contributed by atoms with Crippen LogP contribution >= 0.6 is 35.0 Å². The minimum Gasteiger partial charge on any atom is -0.333 e. The van der Waals surface area contributed by atoms with E-state index in [9.17, 15) is 4.79 Å². The molecule has 2 aromatic rings. The zero-order chi connectivity index (χ0) is 29.6. The number of thioether (sulfide) groups is 1. The summed E-state index contributed by atoms with van der Waals surface area (Å²) in [5.41, 5.74) is 3.28. The molecular weight excluding hydrogens is 569 g/mol. The minimum atomic E-state index is -0.276. The monoisotopic (exact) mass is 611 g/mol. The first kappa shape index (κ1) is 30.5. The lowest BCUT2D eigenvalue weighted by Crippen LogP contribution is -2.56. The molecule has 1 aliphatic carbocycles. The molecule has 220 valence electrons. The van der Waals surface area contributed by atoms with Crippen LogP contribution in [-0.2, 0) is 10.2 Å². The predicted molar refractivity (Wildman–Crippen MR) is 174 cm³/mol. The lowest BCUT2D eigenvalue weighted by Gasteiger charge is -2.48. The molecule has 0 aromatic heterocycles. The number of rotatable bonds is 7. The number of nitrogens with zero attached hydrogens (tertiary/aromatic N) is 2. The van der Waals surface area contributed by atoms with E-state index in [0.29, 0.717) is 12.0 Å². The zero-order valence-electron chi connectivity index (χ0n) is 25.2. The van der Waals surface area contributed by atoms with Crippen molar-refractivity contribution < 1.29 is 4.79 Å². The summed E-state index contributed by atoms with van der Waals surface area (Å²) in [7, 11) is 2.01. The number of hydrogen-bond donors (Lipinski definition) is 1. The second-order valence-corrected chi connectivity index (χ2v) is 14.6. The van der Waals surface area contributed by atoms with Gasteiger partial charge in [-0.05, 0) is 87.4 Å². The Morgan fingerprint density at radius 2 is 1.61 bits per heavy atom. The highest BCUT2D eigenvalue weighted by atomic mass is 35.5. The van der Waals surface area contributed by atoms with E-state index in [1.807, 2.05) is 31.3 Å². The van der Waals surface area contributed by atoms with Crippen LogP contribution < -0.4 is 5.32 Å². The summed E-state index contributed by atoms with van der Waals surface area (Å²) < 4.78 is 0. The third-order valence-electron chi connectivity index (χ3n) is 9.53. The molecule has 5 rings (SSSR count). The average Bonchev–Trinajstić information content (AvgIpc) is 3.24. The Morgan fingerprint density at radius 1 is 1.02 bits per heavy atom. The Hall–Kier alpha value is -1.92. The molecule has 3 atom stereocenters. The standard InChI is InChI=1S/C34H43Cl2N3OS/c1-20(2)30-31(33(40)38(21(3)4)28-18-27(19-28)37-7)41-29-17-8-22(5)34(6,24-11-15-26(36)16-12-24)32(39(29)30)23-9-13-25(35)14-10-23/h9-17,20-22,27-28,32,37H,8,18-19H2,1-7H3/t22?,27?,28?,32-,34+/m1/s1. The summed E-state index contributed by atoms with van der Waals surface area (Å²) >= 11 is 14.4. The van der Waals surface area contributed by atoms with Crippen LogP contribution in [0.5, 0.6) is 0 Å². The molecule has 1 amide bonds. The molecule has 1 N–H and O–H groups in total. The van der Waals surface area contributed by atoms with Gasteiger partial charge in [-0.1, -0.05) is 93.0 Å². The number of carbonyl (C=O) groups excluding carboxylic acids is 1. The molecule has 1 saturated carbocycles. The second kappa shape index (κ2) is 12.0. The van der Waals surface area contributed by atoms with Crippen molar-refractivity contribution in [2.45, 2.75) is 90.4 Å². The summed E-state index contributed by atoms with van der Waals surface area (Å²) in [6.07, 6.45) is 5.28. The van der Waals surface area contributed by atoms with Crippen molar-refractivity contribution in [1.82, 2.24) is 15.1 Å². The van der Waals surface area contributed by atoms with Crippen LogP contribution in [0.25, 0.3) is 0 Å². The van der Waals surface area contributed by atoms with E-state index in [1.54, 1.807) is 11.8 Å². The third kappa shape index (κ3) is 5.48. The van der Waals surface area contributed by atoms with Crippen LogP contribution in [0.15, 0.2) is 70.2 Å². The van der Waals surface area contributed by atoms with Crippen molar-refractivity contribution in [3.05, 3.63) is 91.4 Å². The normalized spacial score (nSPS) is 28.0. The van der Waals surface area contributed by atoms with Crippen LogP contribution in [0.4, 0.5) is 0 Å². The lowest BCUT2D eigenvalue weighted by atomic mass is 9.64. The number of benzene rings is 2. The molecule has 41 heavy (non-hydrogen) atoms. The molecule has 2 aromatic carbocycles. The lowest BCUT2D eigenvalue weighted by molar-refractivity contribution is -0.133. The van der Waals surface area contributed by atoms with Gasteiger partial charge in [0.1, 0.15) is 0 Å². The Morgan fingerprint density at radius 3 is 2.15 bits per heavy atom. The fraction of sp³-hybridized carbons (Fsp3) is 0.500. The smallest absolute Gasteiger partial charge is 0.262 e. The first-order valence-corrected chi connectivity index (χ1v) is 16.5. The molecule has 2 aliphatic heterocycles. The average molecular weight is 613 g/mol. The number of halogens is 2. The SMILES string of the molecule is CNC1CC(N(C(=O)C2=C(C(C)C)N3C(=CCC(C)[C@@](C)(c4ccc(Cl)cc4)[C@H]3c3ccc(Cl)cc3)S2)C(C)C)C1. The van der Waals surface area contributed by atoms with Gasteiger partial charge in [0.15, 0.2) is 0 Å². The van der Waals surface area contributed by atoms with Crippen molar-refractivity contribution in [3.63, 3.8) is 0 Å². The summed E-state index contributed by atoms with van der Waals surface area (Å²) in [5.74, 6) is 0.653. The number of fused-ring (bicyclic) bond motifs is 1. The molecule has 1 unspecified atom stereocenters. The van der Waals surface area contributed by atoms with E-state index in [2.05, 4.69) is 87.0 Å². The van der Waals surface area contributed by atoms with Gasteiger partial charge < -0.3 is 15.1 Å². The molecule has 2 heterocycles. The number of amides is 1. The predicted octanol–water partition coefficient (Wildman–Crippen LogP) is 8.78. The van der Waals surface area contributed by atoms with Gasteiger partial charge in [0, 0.05) is 39.3 Å². The molecule has 1 fully saturated rings. The number of carbonyl (C=O) groups is 1. The van der Waals surface area contributed by atoms with Gasteiger partial charge in [-0.3, -0.25) is 4.79 Å². The van der Waals surface area contributed by atoms with Crippen molar-refractivity contribution in [2.24, 2.45) is 11.8 Å². The van der Waals surface area contributed by atoms with Crippen LogP contribution in [0.3, 0.4) is 0 Å². The largest absolute Gasteiger partial charge is 0.333 e. The quantitative estimate of drug-likeness (QED) is 0.339. The highest BCUT2D eigenvalue weighted by molar-refractivity contribution is 8.07.